The van der Waals surface area contributed by atoms with Crippen molar-refractivity contribution < 1.29 is 9.84 Å². The van der Waals surface area contributed by atoms with Gasteiger partial charge in [-0.3, -0.25) is 4.90 Å². The van der Waals surface area contributed by atoms with Gasteiger partial charge in [0.15, 0.2) is 0 Å². The molecule has 0 saturated heterocycles. The van der Waals surface area contributed by atoms with Crippen LogP contribution >= 0.6 is 0 Å². The average Bonchev–Trinajstić information content (AvgIpc) is 2.44. The number of methoxy groups -OCH3 is 1. The third kappa shape index (κ3) is 5.60. The molecule has 20 heavy (non-hydrogen) atoms. The summed E-state index contributed by atoms with van der Waals surface area (Å²) in [5.74, 6) is 1.25. The molecule has 1 unspecified atom stereocenters. The Kier molecular flexibility index (Phi) is 7.06. The van der Waals surface area contributed by atoms with Crippen LogP contribution in [0.4, 0.5) is 0 Å². The Morgan fingerprint density at radius 2 is 2.10 bits per heavy atom. The van der Waals surface area contributed by atoms with E-state index < -0.39 is 6.10 Å². The Morgan fingerprint density at radius 3 is 2.70 bits per heavy atom. The third-order valence-electron chi connectivity index (χ3n) is 3.07. The normalized spacial score (nSPS) is 12.4. The zero-order chi connectivity index (χ0) is 15.0. The van der Waals surface area contributed by atoms with Gasteiger partial charge in [0, 0.05) is 26.1 Å². The third-order valence-corrected chi connectivity index (χ3v) is 3.07. The fraction of sp³-hybridized carbons (Fsp3) is 0.562. The molecule has 0 spiro atoms. The quantitative estimate of drug-likeness (QED) is 0.793. The Balaban J connectivity index is 2.68. The monoisotopic (exact) mass is 276 g/mol. The number of rotatable bonds is 8. The van der Waals surface area contributed by atoms with Crippen molar-refractivity contribution in [3.05, 3.63) is 29.8 Å². The molecule has 4 heteroatoms. The van der Waals surface area contributed by atoms with E-state index in [4.69, 9.17) is 10.00 Å². The lowest BCUT2D eigenvalue weighted by molar-refractivity contribution is 0.107. The molecular weight excluding hydrogens is 252 g/mol. The lowest BCUT2D eigenvalue weighted by atomic mass is 10.1. The summed E-state index contributed by atoms with van der Waals surface area (Å²) in [6, 6.07) is 9.64. The smallest absolute Gasteiger partial charge is 0.119 e. The fourth-order valence-corrected chi connectivity index (χ4v) is 2.18. The molecule has 0 radical (unpaired) electrons. The van der Waals surface area contributed by atoms with Crippen molar-refractivity contribution in [2.75, 3.05) is 26.7 Å². The summed E-state index contributed by atoms with van der Waals surface area (Å²) in [6.07, 6.45) is -0.0834. The molecule has 0 aliphatic heterocycles. The van der Waals surface area contributed by atoms with E-state index in [1.165, 1.54) is 0 Å². The number of hydrogen-bond donors (Lipinski definition) is 1. The Hall–Kier alpha value is -1.57. The van der Waals surface area contributed by atoms with Crippen LogP contribution in [0.2, 0.25) is 0 Å². The highest BCUT2D eigenvalue weighted by atomic mass is 16.5. The minimum absolute atomic E-state index is 0.484. The maximum Gasteiger partial charge on any atom is 0.119 e. The molecule has 1 N–H and O–H groups in total. The van der Waals surface area contributed by atoms with E-state index in [9.17, 15) is 5.11 Å². The van der Waals surface area contributed by atoms with Crippen LogP contribution in [0.25, 0.3) is 0 Å². The van der Waals surface area contributed by atoms with Gasteiger partial charge in [0.25, 0.3) is 0 Å². The highest BCUT2D eigenvalue weighted by Crippen LogP contribution is 2.20. The molecule has 0 saturated carbocycles. The van der Waals surface area contributed by atoms with Crippen LogP contribution in [0.3, 0.4) is 0 Å². The van der Waals surface area contributed by atoms with Crippen molar-refractivity contribution in [3.8, 4) is 11.8 Å². The second-order valence-electron chi connectivity index (χ2n) is 5.35. The number of nitrogens with zero attached hydrogens (tertiary/aromatic N) is 2. The van der Waals surface area contributed by atoms with Crippen molar-refractivity contribution in [2.45, 2.75) is 26.4 Å². The van der Waals surface area contributed by atoms with Gasteiger partial charge in [-0.15, -0.1) is 0 Å². The lowest BCUT2D eigenvalue weighted by Crippen LogP contribution is -2.32. The SMILES string of the molecule is COc1cccc(C(O)CN(CCC#N)CC(C)C)c1. The van der Waals surface area contributed by atoms with Gasteiger partial charge in [-0.2, -0.15) is 5.26 Å². The van der Waals surface area contributed by atoms with Crippen molar-refractivity contribution in [1.82, 2.24) is 4.90 Å². The topological polar surface area (TPSA) is 56.5 Å². The summed E-state index contributed by atoms with van der Waals surface area (Å²) < 4.78 is 5.17. The van der Waals surface area contributed by atoms with Gasteiger partial charge < -0.3 is 9.84 Å². The van der Waals surface area contributed by atoms with Gasteiger partial charge in [0.05, 0.1) is 19.3 Å². The largest absolute Gasteiger partial charge is 0.497 e. The molecular formula is C16H24N2O2. The van der Waals surface area contributed by atoms with Crippen LogP contribution in [0.5, 0.6) is 5.75 Å². The molecule has 0 aliphatic rings. The lowest BCUT2D eigenvalue weighted by Gasteiger charge is -2.26. The van der Waals surface area contributed by atoms with Crippen LogP contribution in [0.15, 0.2) is 24.3 Å². The molecule has 1 rings (SSSR count). The molecule has 4 nitrogen and oxygen atoms in total. The average molecular weight is 276 g/mol. The van der Waals surface area contributed by atoms with Crippen LogP contribution < -0.4 is 4.74 Å². The first-order chi connectivity index (χ1) is 9.56. The number of ether oxygens (including phenoxy) is 1. The van der Waals surface area contributed by atoms with E-state index in [1.807, 2.05) is 24.3 Å². The molecule has 1 aromatic rings. The minimum Gasteiger partial charge on any atom is -0.497 e. The minimum atomic E-state index is -0.567. The molecule has 0 bridgehead atoms. The van der Waals surface area contributed by atoms with Crippen molar-refractivity contribution >= 4 is 0 Å². The molecule has 1 aromatic carbocycles. The number of benzene rings is 1. The van der Waals surface area contributed by atoms with E-state index in [0.717, 1.165) is 17.9 Å². The predicted octanol–water partition coefficient (Wildman–Crippen LogP) is 2.60. The standard InChI is InChI=1S/C16H24N2O2/c1-13(2)11-18(9-5-8-17)12-16(19)14-6-4-7-15(10-14)20-3/h4,6-7,10,13,16,19H,5,9,11-12H2,1-3H3. The van der Waals surface area contributed by atoms with E-state index in [-0.39, 0.29) is 0 Å². The van der Waals surface area contributed by atoms with E-state index >= 15 is 0 Å². The summed E-state index contributed by atoms with van der Waals surface area (Å²) >= 11 is 0. The Bertz CT molecular complexity index is 440. The van der Waals surface area contributed by atoms with E-state index in [0.29, 0.717) is 25.4 Å². The first-order valence-electron chi connectivity index (χ1n) is 6.98. The van der Waals surface area contributed by atoms with Crippen LogP contribution in [0.1, 0.15) is 31.9 Å². The summed E-state index contributed by atoms with van der Waals surface area (Å²) in [5, 5.41) is 19.1. The molecule has 0 fully saturated rings. The van der Waals surface area contributed by atoms with Gasteiger partial charge in [-0.1, -0.05) is 26.0 Å². The molecule has 0 aliphatic carbocycles. The van der Waals surface area contributed by atoms with Gasteiger partial charge in [0.2, 0.25) is 0 Å². The molecule has 1 atom stereocenters. The first-order valence-corrected chi connectivity index (χ1v) is 6.98. The number of aliphatic hydroxyl groups is 1. The second-order valence-corrected chi connectivity index (χ2v) is 5.35. The van der Waals surface area contributed by atoms with Crippen molar-refractivity contribution in [2.24, 2.45) is 5.92 Å². The van der Waals surface area contributed by atoms with Gasteiger partial charge in [-0.05, 0) is 23.6 Å². The van der Waals surface area contributed by atoms with Crippen molar-refractivity contribution in [1.29, 1.82) is 5.26 Å². The maximum atomic E-state index is 10.3. The summed E-state index contributed by atoms with van der Waals surface area (Å²) in [5.41, 5.74) is 0.843. The summed E-state index contributed by atoms with van der Waals surface area (Å²) in [6.45, 7) is 6.38. The van der Waals surface area contributed by atoms with Crippen LogP contribution in [0, 0.1) is 17.2 Å². The summed E-state index contributed by atoms with van der Waals surface area (Å²) in [4.78, 5) is 2.14. The molecule has 110 valence electrons. The van der Waals surface area contributed by atoms with Gasteiger partial charge in [-0.25, -0.2) is 0 Å². The predicted molar refractivity (Wildman–Crippen MR) is 79.5 cm³/mol. The zero-order valence-corrected chi connectivity index (χ0v) is 12.5. The van der Waals surface area contributed by atoms with Gasteiger partial charge >= 0.3 is 0 Å². The molecule has 0 amide bonds. The van der Waals surface area contributed by atoms with E-state index in [2.05, 4.69) is 24.8 Å². The molecule has 0 heterocycles. The first kappa shape index (κ1) is 16.5. The fourth-order valence-electron chi connectivity index (χ4n) is 2.18. The summed E-state index contributed by atoms with van der Waals surface area (Å²) in [7, 11) is 1.61. The van der Waals surface area contributed by atoms with Gasteiger partial charge in [0.1, 0.15) is 5.75 Å². The van der Waals surface area contributed by atoms with Crippen LogP contribution in [-0.2, 0) is 0 Å². The highest BCUT2D eigenvalue weighted by Gasteiger charge is 2.15. The number of hydrogen-bond acceptors (Lipinski definition) is 4. The van der Waals surface area contributed by atoms with Crippen LogP contribution in [-0.4, -0.2) is 36.8 Å². The number of aliphatic hydroxyl groups excluding tert-OH is 1. The Labute approximate surface area is 121 Å². The number of nitriles is 1. The highest BCUT2D eigenvalue weighted by molar-refractivity contribution is 5.29. The zero-order valence-electron chi connectivity index (χ0n) is 12.5. The maximum absolute atomic E-state index is 10.3. The van der Waals surface area contributed by atoms with E-state index in [1.54, 1.807) is 7.11 Å². The Morgan fingerprint density at radius 1 is 1.35 bits per heavy atom. The second kappa shape index (κ2) is 8.57. The molecule has 0 aromatic heterocycles. The van der Waals surface area contributed by atoms with Crippen molar-refractivity contribution in [3.63, 3.8) is 0 Å².